The van der Waals surface area contributed by atoms with E-state index in [4.69, 9.17) is 0 Å². The molecule has 1 saturated carbocycles. The number of fused-ring (bicyclic) bond motifs is 1. The molecule has 1 N–H and O–H groups in total. The number of amides is 1. The number of rotatable bonds is 2. The second kappa shape index (κ2) is 5.91. The van der Waals surface area contributed by atoms with Crippen LogP contribution in [0.15, 0.2) is 29.1 Å². The Kier molecular flexibility index (Phi) is 3.96. The average molecular weight is 299 g/mol. The Labute approximate surface area is 129 Å². The maximum atomic E-state index is 12.6. The van der Waals surface area contributed by atoms with Crippen LogP contribution in [0.3, 0.4) is 0 Å². The van der Waals surface area contributed by atoms with Crippen molar-refractivity contribution in [1.29, 1.82) is 0 Å². The molecule has 5 nitrogen and oxygen atoms in total. The molecule has 0 bridgehead atoms. The van der Waals surface area contributed by atoms with Crippen LogP contribution in [-0.2, 0) is 7.05 Å². The minimum Gasteiger partial charge on any atom is -0.348 e. The number of nitrogens with one attached hydrogen (secondary N) is 1. The van der Waals surface area contributed by atoms with Crippen molar-refractivity contribution in [3.05, 3.63) is 40.3 Å². The van der Waals surface area contributed by atoms with Crippen LogP contribution in [0.25, 0.3) is 10.8 Å². The Morgan fingerprint density at radius 2 is 1.91 bits per heavy atom. The van der Waals surface area contributed by atoms with Crippen LogP contribution >= 0.6 is 0 Å². The Balaban J connectivity index is 1.97. The van der Waals surface area contributed by atoms with Gasteiger partial charge in [0.15, 0.2) is 5.69 Å². The molecule has 0 aliphatic heterocycles. The summed E-state index contributed by atoms with van der Waals surface area (Å²) in [6.45, 7) is 2.18. The first-order valence-electron chi connectivity index (χ1n) is 7.85. The summed E-state index contributed by atoms with van der Waals surface area (Å²) in [4.78, 5) is 24.8. The van der Waals surface area contributed by atoms with E-state index in [2.05, 4.69) is 17.3 Å². The van der Waals surface area contributed by atoms with Gasteiger partial charge in [-0.2, -0.15) is 5.10 Å². The number of hydrogen-bond acceptors (Lipinski definition) is 3. The maximum Gasteiger partial charge on any atom is 0.274 e. The van der Waals surface area contributed by atoms with Gasteiger partial charge in [0.2, 0.25) is 0 Å². The highest BCUT2D eigenvalue weighted by atomic mass is 16.2. The Morgan fingerprint density at radius 1 is 1.23 bits per heavy atom. The Hall–Kier alpha value is -2.17. The fourth-order valence-electron chi connectivity index (χ4n) is 3.23. The predicted octanol–water partition coefficient (Wildman–Crippen LogP) is 2.24. The van der Waals surface area contributed by atoms with Crippen molar-refractivity contribution in [3.8, 4) is 0 Å². The van der Waals surface area contributed by atoms with Crippen molar-refractivity contribution in [2.75, 3.05) is 0 Å². The molecule has 0 saturated heterocycles. The van der Waals surface area contributed by atoms with Crippen LogP contribution < -0.4 is 10.9 Å². The van der Waals surface area contributed by atoms with Crippen molar-refractivity contribution >= 4 is 16.7 Å². The van der Waals surface area contributed by atoms with Crippen LogP contribution in [0.2, 0.25) is 0 Å². The number of nitrogens with zero attached hydrogens (tertiary/aromatic N) is 2. The van der Waals surface area contributed by atoms with Crippen molar-refractivity contribution in [2.24, 2.45) is 13.0 Å². The van der Waals surface area contributed by atoms with Crippen molar-refractivity contribution < 1.29 is 4.79 Å². The number of aryl methyl sites for hydroxylation is 1. The standard InChI is InChI=1S/C17H21N3O2/c1-11-7-3-6-10-14(11)18-16(21)15-12-8-4-5-9-13(12)17(22)20(2)19-15/h4-5,8-9,11,14H,3,6-7,10H2,1-2H3,(H,18,21)/t11-,14-/m0/s1. The molecule has 0 spiro atoms. The summed E-state index contributed by atoms with van der Waals surface area (Å²) in [7, 11) is 1.58. The molecular weight excluding hydrogens is 278 g/mol. The summed E-state index contributed by atoms with van der Waals surface area (Å²) >= 11 is 0. The van der Waals surface area contributed by atoms with E-state index in [0.717, 1.165) is 19.3 Å². The summed E-state index contributed by atoms with van der Waals surface area (Å²) in [6, 6.07) is 7.33. The van der Waals surface area contributed by atoms with Crippen LogP contribution in [-0.4, -0.2) is 21.7 Å². The molecule has 2 atom stereocenters. The number of hydrogen-bond donors (Lipinski definition) is 1. The first-order valence-corrected chi connectivity index (χ1v) is 7.85. The lowest BCUT2D eigenvalue weighted by Gasteiger charge is -2.29. The predicted molar refractivity (Wildman–Crippen MR) is 85.9 cm³/mol. The molecule has 1 fully saturated rings. The maximum absolute atomic E-state index is 12.6. The summed E-state index contributed by atoms with van der Waals surface area (Å²) in [5.41, 5.74) is 0.147. The number of carbonyl (C=O) groups is 1. The Morgan fingerprint density at radius 3 is 2.64 bits per heavy atom. The van der Waals surface area contributed by atoms with Gasteiger partial charge in [-0.15, -0.1) is 0 Å². The zero-order valence-corrected chi connectivity index (χ0v) is 13.0. The molecule has 5 heteroatoms. The highest BCUT2D eigenvalue weighted by molar-refractivity contribution is 6.04. The zero-order valence-electron chi connectivity index (χ0n) is 13.0. The van der Waals surface area contributed by atoms with Crippen molar-refractivity contribution in [3.63, 3.8) is 0 Å². The molecule has 2 aromatic rings. The van der Waals surface area contributed by atoms with Crippen LogP contribution in [0.1, 0.15) is 43.1 Å². The van der Waals surface area contributed by atoms with Gasteiger partial charge in [-0.25, -0.2) is 4.68 Å². The van der Waals surface area contributed by atoms with Crippen molar-refractivity contribution in [2.45, 2.75) is 38.6 Å². The monoisotopic (exact) mass is 299 g/mol. The number of benzene rings is 1. The van der Waals surface area contributed by atoms with Gasteiger partial charge in [-0.3, -0.25) is 9.59 Å². The lowest BCUT2D eigenvalue weighted by atomic mass is 9.86. The fraction of sp³-hybridized carbons (Fsp3) is 0.471. The largest absolute Gasteiger partial charge is 0.348 e. The van der Waals surface area contributed by atoms with Gasteiger partial charge in [-0.1, -0.05) is 38.0 Å². The molecule has 116 valence electrons. The lowest BCUT2D eigenvalue weighted by Crippen LogP contribution is -2.42. The zero-order chi connectivity index (χ0) is 15.7. The minimum absolute atomic E-state index is 0.182. The van der Waals surface area contributed by atoms with E-state index in [9.17, 15) is 9.59 Å². The summed E-state index contributed by atoms with van der Waals surface area (Å²) in [5.74, 6) is 0.294. The average Bonchev–Trinajstić information content (AvgIpc) is 2.53. The van der Waals surface area contributed by atoms with Crippen molar-refractivity contribution in [1.82, 2.24) is 15.1 Å². The lowest BCUT2D eigenvalue weighted by molar-refractivity contribution is 0.0905. The molecule has 1 aromatic heterocycles. The molecule has 1 amide bonds. The van der Waals surface area contributed by atoms with Gasteiger partial charge in [-0.05, 0) is 24.8 Å². The van der Waals surface area contributed by atoms with E-state index >= 15 is 0 Å². The number of aromatic nitrogens is 2. The van der Waals surface area contributed by atoms with Crippen LogP contribution in [0.4, 0.5) is 0 Å². The summed E-state index contributed by atoms with van der Waals surface area (Å²) < 4.78 is 1.24. The highest BCUT2D eigenvalue weighted by Gasteiger charge is 2.25. The normalized spacial score (nSPS) is 21.7. The van der Waals surface area contributed by atoms with Gasteiger partial charge in [0, 0.05) is 18.5 Å². The van der Waals surface area contributed by atoms with E-state index in [1.807, 2.05) is 6.07 Å². The van der Waals surface area contributed by atoms with E-state index in [-0.39, 0.29) is 17.5 Å². The van der Waals surface area contributed by atoms with E-state index in [1.54, 1.807) is 25.2 Å². The second-order valence-corrected chi connectivity index (χ2v) is 6.16. The molecular formula is C17H21N3O2. The van der Waals surface area contributed by atoms with Gasteiger partial charge in [0.05, 0.1) is 5.39 Å². The molecule has 22 heavy (non-hydrogen) atoms. The smallest absolute Gasteiger partial charge is 0.274 e. The third kappa shape index (κ3) is 2.63. The second-order valence-electron chi connectivity index (χ2n) is 6.16. The van der Waals surface area contributed by atoms with Gasteiger partial charge >= 0.3 is 0 Å². The van der Waals surface area contributed by atoms with Gasteiger partial charge < -0.3 is 5.32 Å². The van der Waals surface area contributed by atoms with E-state index < -0.39 is 0 Å². The first kappa shape index (κ1) is 14.8. The first-order chi connectivity index (χ1) is 10.6. The number of carbonyl (C=O) groups excluding carboxylic acids is 1. The minimum atomic E-state index is -0.189. The molecule has 1 aliphatic carbocycles. The van der Waals surface area contributed by atoms with Gasteiger partial charge in [0.1, 0.15) is 0 Å². The third-order valence-electron chi connectivity index (χ3n) is 4.60. The molecule has 1 aliphatic rings. The summed E-state index contributed by atoms with van der Waals surface area (Å²) in [6.07, 6.45) is 4.54. The summed E-state index contributed by atoms with van der Waals surface area (Å²) in [5, 5.41) is 8.44. The molecule has 1 aromatic carbocycles. The fourth-order valence-corrected chi connectivity index (χ4v) is 3.23. The topological polar surface area (TPSA) is 64.0 Å². The third-order valence-corrected chi connectivity index (χ3v) is 4.60. The highest BCUT2D eigenvalue weighted by Crippen LogP contribution is 2.24. The van der Waals surface area contributed by atoms with Crippen LogP contribution in [0.5, 0.6) is 0 Å². The quantitative estimate of drug-likeness (QED) is 0.925. The molecule has 1 heterocycles. The van der Waals surface area contributed by atoms with Crippen LogP contribution in [0, 0.1) is 5.92 Å². The van der Waals surface area contributed by atoms with E-state index in [1.165, 1.54) is 11.1 Å². The molecule has 3 rings (SSSR count). The SMILES string of the molecule is C[C@H]1CCCC[C@@H]1NC(=O)c1nn(C)c(=O)c2ccccc12. The van der Waals surface area contributed by atoms with Gasteiger partial charge in [0.25, 0.3) is 11.5 Å². The van der Waals surface area contributed by atoms with E-state index in [0.29, 0.717) is 22.4 Å². The Bertz CT molecular complexity index is 766. The molecule has 0 unspecified atom stereocenters. The molecule has 0 radical (unpaired) electrons.